The summed E-state index contributed by atoms with van der Waals surface area (Å²) < 4.78 is 40.2. The van der Waals surface area contributed by atoms with E-state index in [4.69, 9.17) is 18.5 Å². The molecule has 0 saturated carbocycles. The van der Waals surface area contributed by atoms with Crippen LogP contribution in [0.1, 0.15) is 52.1 Å². The Morgan fingerprint density at radius 2 is 2.00 bits per heavy atom. The van der Waals surface area contributed by atoms with Crippen LogP contribution in [0.25, 0.3) is 5.65 Å². The standard InChI is InChI=1S/C26H37FN5O7P/c1-16(13-36-24(34)25(3,4)5)31-40(35,39-18-10-8-7-9-11-18)37-14-20-21(33)26(6,27)22(38-20)19-12-28-23-17(2)29-15-30-32(19)23/h7-12,15-16,20-22,31,33,35,40H,13-14H2,1-6H3/t16-,20+,21+,22-,26+/m0/s1. The van der Waals surface area contributed by atoms with E-state index >= 15 is 4.39 Å². The van der Waals surface area contributed by atoms with Crippen molar-refractivity contribution in [2.24, 2.45) is 5.41 Å². The molecule has 0 aliphatic carbocycles. The predicted octanol–water partition coefficient (Wildman–Crippen LogP) is 3.03. The Morgan fingerprint density at radius 3 is 2.67 bits per heavy atom. The van der Waals surface area contributed by atoms with Gasteiger partial charge in [0.15, 0.2) is 0 Å². The number of nitrogens with zero attached hydrogens (tertiary/aromatic N) is 4. The molecule has 5 atom stereocenters. The number of hydrogen-bond acceptors (Lipinski definition) is 11. The zero-order chi connectivity index (χ0) is 29.3. The van der Waals surface area contributed by atoms with E-state index in [9.17, 15) is 14.8 Å². The molecule has 1 saturated heterocycles. The van der Waals surface area contributed by atoms with E-state index in [0.29, 0.717) is 22.8 Å². The van der Waals surface area contributed by atoms with E-state index in [1.54, 1.807) is 65.0 Å². The molecule has 1 fully saturated rings. The van der Waals surface area contributed by atoms with Gasteiger partial charge in [-0.2, -0.15) is 0 Å². The van der Waals surface area contributed by atoms with Gasteiger partial charge < -0.3 is 0 Å². The summed E-state index contributed by atoms with van der Waals surface area (Å²) in [5.74, 6) is -0.0789. The van der Waals surface area contributed by atoms with Gasteiger partial charge in [0.05, 0.1) is 0 Å². The topological polar surface area (TPSA) is 150 Å². The number of rotatable bonds is 10. The number of benzene rings is 1. The number of alkyl halides is 1. The Bertz CT molecular complexity index is 1320. The van der Waals surface area contributed by atoms with Crippen LogP contribution in [0.3, 0.4) is 0 Å². The summed E-state index contributed by atoms with van der Waals surface area (Å²) in [5, 5.41) is 17.9. The molecule has 1 aliphatic rings. The fourth-order valence-corrected chi connectivity index (χ4v) is 5.98. The van der Waals surface area contributed by atoms with E-state index in [1.807, 2.05) is 0 Å². The Hall–Kier alpha value is -2.80. The molecule has 2 aromatic heterocycles. The molecule has 3 aromatic rings. The number of aryl methyl sites for hydroxylation is 1. The number of para-hydroxylation sites is 1. The number of nitrogens with one attached hydrogen (secondary N) is 1. The number of carbonyl (C=O) groups excluding carboxylic acids is 1. The van der Waals surface area contributed by atoms with Crippen LogP contribution in [0.15, 0.2) is 42.9 Å². The molecule has 1 aromatic carbocycles. The number of ether oxygens (including phenoxy) is 2. The minimum atomic E-state index is -4.25. The number of hydrogen-bond donors (Lipinski definition) is 3. The summed E-state index contributed by atoms with van der Waals surface area (Å²) in [7, 11) is -4.25. The first-order valence-corrected chi connectivity index (χ1v) is 14.7. The third-order valence-electron chi connectivity index (χ3n) is 6.48. The molecule has 3 N–H and O–H groups in total. The van der Waals surface area contributed by atoms with E-state index in [1.165, 1.54) is 24.0 Å². The second kappa shape index (κ2) is 11.6. The van der Waals surface area contributed by atoms with E-state index < -0.39 is 56.1 Å². The van der Waals surface area contributed by atoms with Gasteiger partial charge in [-0.05, 0) is 0 Å². The normalized spacial score (nSPS) is 24.7. The Labute approximate surface area is 232 Å². The number of aliphatic hydroxyl groups excluding tert-OH is 1. The van der Waals surface area contributed by atoms with Gasteiger partial charge >= 0.3 is 232 Å². The van der Waals surface area contributed by atoms with Crippen LogP contribution in [0.2, 0.25) is 0 Å². The summed E-state index contributed by atoms with van der Waals surface area (Å²) in [6.07, 6.45) is -1.24. The number of aromatic nitrogens is 4. The maximum atomic E-state index is 15.9. The molecule has 0 amide bonds. The molecule has 12 nitrogen and oxygen atoms in total. The van der Waals surface area contributed by atoms with Gasteiger partial charge in [-0.3, -0.25) is 0 Å². The quantitative estimate of drug-likeness (QED) is 0.240. The second-order valence-corrected chi connectivity index (χ2v) is 13.1. The van der Waals surface area contributed by atoms with Crippen molar-refractivity contribution in [1.82, 2.24) is 24.7 Å². The molecular formula is C26H37FN5O7P. The van der Waals surface area contributed by atoms with Crippen molar-refractivity contribution in [1.29, 1.82) is 0 Å². The summed E-state index contributed by atoms with van der Waals surface area (Å²) >= 11 is 0. The number of fused-ring (bicyclic) bond motifs is 1. The molecule has 0 radical (unpaired) electrons. The first-order valence-electron chi connectivity index (χ1n) is 12.9. The summed E-state index contributed by atoms with van der Waals surface area (Å²) in [5.41, 5.74) is -1.59. The van der Waals surface area contributed by atoms with Gasteiger partial charge in [0, 0.05) is 0 Å². The van der Waals surface area contributed by atoms with Gasteiger partial charge in [-0.15, -0.1) is 0 Å². The van der Waals surface area contributed by atoms with Crippen LogP contribution in [0.4, 0.5) is 4.39 Å². The molecule has 1 aliphatic heterocycles. The summed E-state index contributed by atoms with van der Waals surface area (Å²) in [6, 6.07) is 7.94. The number of imidazole rings is 1. The third-order valence-corrected chi connectivity index (χ3v) is 8.41. The van der Waals surface area contributed by atoms with E-state index in [0.717, 1.165) is 0 Å². The monoisotopic (exact) mass is 581 g/mol. The fraction of sp³-hybridized carbons (Fsp3) is 0.538. The first-order chi connectivity index (χ1) is 18.7. The summed E-state index contributed by atoms with van der Waals surface area (Å²) in [6.45, 7) is 9.41. The van der Waals surface area contributed by atoms with Crippen molar-refractivity contribution in [2.75, 3.05) is 13.2 Å². The third kappa shape index (κ3) is 6.56. The number of esters is 1. The molecule has 0 unspecified atom stereocenters. The van der Waals surface area contributed by atoms with Crippen molar-refractivity contribution in [3.05, 3.63) is 54.2 Å². The molecule has 0 bridgehead atoms. The van der Waals surface area contributed by atoms with E-state index in [2.05, 4.69) is 20.2 Å². The van der Waals surface area contributed by atoms with Crippen molar-refractivity contribution in [2.45, 2.75) is 71.6 Å². The minimum absolute atomic E-state index is 0.0599. The van der Waals surface area contributed by atoms with Gasteiger partial charge in [-0.1, -0.05) is 0 Å². The van der Waals surface area contributed by atoms with Crippen LogP contribution in [-0.2, 0) is 18.8 Å². The van der Waals surface area contributed by atoms with Gasteiger partial charge in [-0.25, -0.2) is 0 Å². The second-order valence-electron chi connectivity index (χ2n) is 11.1. The Kier molecular flexibility index (Phi) is 8.74. The van der Waals surface area contributed by atoms with Crippen LogP contribution >= 0.6 is 8.09 Å². The summed E-state index contributed by atoms with van der Waals surface area (Å²) in [4.78, 5) is 32.0. The fourth-order valence-electron chi connectivity index (χ4n) is 4.23. The van der Waals surface area contributed by atoms with Crippen LogP contribution < -0.4 is 9.61 Å². The van der Waals surface area contributed by atoms with Gasteiger partial charge in [0.25, 0.3) is 0 Å². The zero-order valence-corrected chi connectivity index (χ0v) is 24.4. The molecule has 220 valence electrons. The van der Waals surface area contributed by atoms with Gasteiger partial charge in [0.2, 0.25) is 0 Å². The molecule has 4 rings (SSSR count). The number of aliphatic hydroxyl groups is 1. The maximum absolute atomic E-state index is 15.9. The van der Waals surface area contributed by atoms with Crippen LogP contribution in [-0.4, -0.2) is 72.7 Å². The predicted molar refractivity (Wildman–Crippen MR) is 145 cm³/mol. The number of halogens is 1. The van der Waals surface area contributed by atoms with Crippen molar-refractivity contribution in [3.63, 3.8) is 0 Å². The van der Waals surface area contributed by atoms with Gasteiger partial charge in [0.1, 0.15) is 0 Å². The van der Waals surface area contributed by atoms with Crippen molar-refractivity contribution < 1.29 is 37.7 Å². The van der Waals surface area contributed by atoms with Crippen molar-refractivity contribution in [3.8, 4) is 5.75 Å². The van der Waals surface area contributed by atoms with Crippen LogP contribution in [0, 0.1) is 12.3 Å². The molecular weight excluding hydrogens is 544 g/mol. The van der Waals surface area contributed by atoms with Crippen LogP contribution in [0.5, 0.6) is 5.75 Å². The zero-order valence-electron chi connectivity index (χ0n) is 23.4. The average Bonchev–Trinajstić information content (AvgIpc) is 3.40. The Balaban J connectivity index is 1.49. The molecule has 40 heavy (non-hydrogen) atoms. The molecule has 0 spiro atoms. The first kappa shape index (κ1) is 30.2. The molecule has 14 heteroatoms. The molecule has 3 heterocycles. The van der Waals surface area contributed by atoms with Crippen molar-refractivity contribution >= 4 is 19.7 Å². The average molecular weight is 582 g/mol. The number of carbonyl (C=O) groups is 1. The Morgan fingerprint density at radius 1 is 1.30 bits per heavy atom. The SMILES string of the molecule is Cc1ncnn2c([C@@H]3O[C@H](CO[PH](O)(N[C@@H](C)COC(=O)C(C)(C)C)Oc4ccccc4)[C@@H](O)[C@@]3(C)F)cnc12. The van der Waals surface area contributed by atoms with E-state index in [-0.39, 0.29) is 6.61 Å².